The van der Waals surface area contributed by atoms with Crippen LogP contribution in [-0.2, 0) is 6.42 Å². The third kappa shape index (κ3) is 5.00. The number of hydrogen-bond acceptors (Lipinski definition) is 2. The number of para-hydroxylation sites is 2. The average molecular weight is 653 g/mol. The van der Waals surface area contributed by atoms with Crippen molar-refractivity contribution in [2.45, 2.75) is 6.42 Å². The molecule has 0 fully saturated rings. The van der Waals surface area contributed by atoms with Crippen molar-refractivity contribution in [3.05, 3.63) is 193 Å². The van der Waals surface area contributed by atoms with E-state index in [1.165, 1.54) is 55.2 Å². The largest absolute Gasteiger partial charge is 0.308 e. The Morgan fingerprint density at radius 1 is 0.333 bits per heavy atom. The lowest BCUT2D eigenvalue weighted by Crippen LogP contribution is -1.94. The normalized spacial score (nSPS) is 11.6. The van der Waals surface area contributed by atoms with Gasteiger partial charge in [-0.3, -0.25) is 9.97 Å². The van der Waals surface area contributed by atoms with Crippen LogP contribution in [0.5, 0.6) is 0 Å². The van der Waals surface area contributed by atoms with Crippen LogP contribution in [-0.4, -0.2) is 19.1 Å². The number of pyridine rings is 2. The number of hydrogen-bond donors (Lipinski definition) is 0. The molecule has 0 unspecified atom stereocenters. The minimum atomic E-state index is 0.891. The molecule has 10 rings (SSSR count). The van der Waals surface area contributed by atoms with Gasteiger partial charge in [-0.15, -0.1) is 0 Å². The van der Waals surface area contributed by atoms with Gasteiger partial charge in [0.15, 0.2) is 0 Å². The lowest BCUT2D eigenvalue weighted by molar-refractivity contribution is 1.17. The fourth-order valence-electron chi connectivity index (χ4n) is 7.59. The van der Waals surface area contributed by atoms with Crippen LogP contribution in [0.25, 0.3) is 77.5 Å². The van der Waals surface area contributed by atoms with E-state index in [4.69, 9.17) is 0 Å². The van der Waals surface area contributed by atoms with Gasteiger partial charge in [-0.1, -0.05) is 109 Å². The molecular formula is C47H32N4. The summed E-state index contributed by atoms with van der Waals surface area (Å²) in [6, 6.07) is 60.9. The van der Waals surface area contributed by atoms with Crippen LogP contribution in [0.2, 0.25) is 0 Å². The van der Waals surface area contributed by atoms with Crippen LogP contribution in [0.3, 0.4) is 0 Å². The summed E-state index contributed by atoms with van der Waals surface area (Å²) in [6.07, 6.45) is 4.63. The molecule has 0 saturated carbocycles. The van der Waals surface area contributed by atoms with Gasteiger partial charge in [0.2, 0.25) is 0 Å². The van der Waals surface area contributed by atoms with Crippen molar-refractivity contribution in [3.63, 3.8) is 0 Å². The van der Waals surface area contributed by atoms with Gasteiger partial charge in [-0.25, -0.2) is 0 Å². The van der Waals surface area contributed by atoms with Crippen molar-refractivity contribution >= 4 is 43.9 Å². The van der Waals surface area contributed by atoms with E-state index in [-0.39, 0.29) is 0 Å². The Kier molecular flexibility index (Phi) is 6.85. The van der Waals surface area contributed by atoms with E-state index in [1.54, 1.807) is 0 Å². The predicted molar refractivity (Wildman–Crippen MR) is 211 cm³/mol. The smallest absolute Gasteiger partial charge is 0.0963 e. The van der Waals surface area contributed by atoms with Gasteiger partial charge in [-0.2, -0.15) is 0 Å². The third-order valence-corrected chi connectivity index (χ3v) is 10.1. The first-order valence-electron chi connectivity index (χ1n) is 17.4. The second-order valence-electron chi connectivity index (χ2n) is 13.1. The highest BCUT2D eigenvalue weighted by Gasteiger charge is 2.14. The Morgan fingerprint density at radius 3 is 1.10 bits per heavy atom. The number of benzene rings is 6. The van der Waals surface area contributed by atoms with Crippen LogP contribution in [0.15, 0.2) is 182 Å². The predicted octanol–water partition coefficient (Wildman–Crippen LogP) is 11.6. The van der Waals surface area contributed by atoms with Gasteiger partial charge in [-0.05, 0) is 100 Å². The molecule has 0 aliphatic carbocycles. The zero-order valence-electron chi connectivity index (χ0n) is 27.8. The number of rotatable bonds is 6. The molecule has 10 aromatic rings. The zero-order valence-corrected chi connectivity index (χ0v) is 27.8. The zero-order chi connectivity index (χ0) is 33.7. The summed E-state index contributed by atoms with van der Waals surface area (Å²) in [7, 11) is 0. The molecular weight excluding hydrogens is 621 g/mol. The SMILES string of the molecule is c1ccc2c(c1)c1ncccc1n2-c1ccc(-c2ccc(Cc3ccc(-c4ccc(-n5c6ccccc6c6ncccc65)cc4)cc3)cc2)cc1. The maximum atomic E-state index is 4.68. The molecule has 0 amide bonds. The standard InChI is InChI=1S/C47H32N4/c1-3-9-42-40(7-1)46-44(11-5-29-48-46)50(42)38-25-21-36(22-26-38)34-17-13-32(14-18-34)31-33-15-19-35(20-16-33)37-23-27-39(28-24-37)51-43-10-4-2-8-41(43)47-45(51)12-6-30-49-47/h1-30H,31H2. The van der Waals surface area contributed by atoms with E-state index in [2.05, 4.69) is 177 Å². The number of aromatic nitrogens is 4. The van der Waals surface area contributed by atoms with E-state index < -0.39 is 0 Å². The fraction of sp³-hybridized carbons (Fsp3) is 0.0213. The van der Waals surface area contributed by atoms with Crippen LogP contribution in [0.4, 0.5) is 0 Å². The monoisotopic (exact) mass is 652 g/mol. The lowest BCUT2D eigenvalue weighted by atomic mass is 9.98. The summed E-state index contributed by atoms with van der Waals surface area (Å²) < 4.78 is 4.60. The highest BCUT2D eigenvalue weighted by atomic mass is 15.0. The second kappa shape index (κ2) is 12.0. The molecule has 51 heavy (non-hydrogen) atoms. The highest BCUT2D eigenvalue weighted by Crippen LogP contribution is 2.33. The van der Waals surface area contributed by atoms with Gasteiger partial charge in [0.1, 0.15) is 0 Å². The van der Waals surface area contributed by atoms with Crippen LogP contribution in [0.1, 0.15) is 11.1 Å². The summed E-state index contributed by atoms with van der Waals surface area (Å²) in [5.41, 5.74) is 16.3. The van der Waals surface area contributed by atoms with Crippen LogP contribution in [0, 0.1) is 0 Å². The fourth-order valence-corrected chi connectivity index (χ4v) is 7.59. The lowest BCUT2D eigenvalue weighted by Gasteiger charge is -2.10. The molecule has 240 valence electrons. The Balaban J connectivity index is 0.853. The van der Waals surface area contributed by atoms with Crippen molar-refractivity contribution in [3.8, 4) is 33.6 Å². The molecule has 0 atom stereocenters. The van der Waals surface area contributed by atoms with Gasteiger partial charge >= 0.3 is 0 Å². The first-order chi connectivity index (χ1) is 25.3. The van der Waals surface area contributed by atoms with Gasteiger partial charge in [0.25, 0.3) is 0 Å². The van der Waals surface area contributed by atoms with Crippen LogP contribution >= 0.6 is 0 Å². The molecule has 4 aromatic heterocycles. The summed E-state index contributed by atoms with van der Waals surface area (Å²) in [5, 5.41) is 2.34. The van der Waals surface area contributed by atoms with Gasteiger partial charge in [0, 0.05) is 34.5 Å². The molecule has 0 spiro atoms. The van der Waals surface area contributed by atoms with Crippen molar-refractivity contribution in [1.82, 2.24) is 19.1 Å². The Bertz CT molecular complexity index is 2540. The summed E-state index contributed by atoms with van der Waals surface area (Å²) in [6.45, 7) is 0. The minimum Gasteiger partial charge on any atom is -0.308 e. The van der Waals surface area contributed by atoms with E-state index in [1.807, 2.05) is 24.5 Å². The maximum absolute atomic E-state index is 4.68. The highest BCUT2D eigenvalue weighted by molar-refractivity contribution is 6.07. The first kappa shape index (κ1) is 29.2. The Morgan fingerprint density at radius 2 is 0.686 bits per heavy atom. The van der Waals surface area contributed by atoms with Crippen molar-refractivity contribution in [1.29, 1.82) is 0 Å². The molecule has 0 bridgehead atoms. The summed E-state index contributed by atoms with van der Waals surface area (Å²) >= 11 is 0. The van der Waals surface area contributed by atoms with E-state index in [0.29, 0.717) is 0 Å². The number of nitrogens with zero attached hydrogens (tertiary/aromatic N) is 4. The minimum absolute atomic E-state index is 0.891. The summed E-state index contributed by atoms with van der Waals surface area (Å²) in [5.74, 6) is 0. The average Bonchev–Trinajstić information content (AvgIpc) is 3.72. The molecule has 4 heterocycles. The maximum Gasteiger partial charge on any atom is 0.0963 e. The molecule has 0 radical (unpaired) electrons. The molecule has 6 aromatic carbocycles. The topological polar surface area (TPSA) is 35.6 Å². The molecule has 4 nitrogen and oxygen atoms in total. The van der Waals surface area contributed by atoms with Gasteiger partial charge < -0.3 is 9.13 Å². The Labute approximate surface area is 295 Å². The first-order valence-corrected chi connectivity index (χ1v) is 17.4. The molecule has 4 heteroatoms. The molecule has 0 saturated heterocycles. The summed E-state index contributed by atoms with van der Waals surface area (Å²) in [4.78, 5) is 9.36. The van der Waals surface area contributed by atoms with E-state index in [0.717, 1.165) is 39.9 Å². The Hall–Kier alpha value is -6.78. The second-order valence-corrected chi connectivity index (χ2v) is 13.1. The molecule has 0 aliphatic heterocycles. The van der Waals surface area contributed by atoms with E-state index >= 15 is 0 Å². The van der Waals surface area contributed by atoms with E-state index in [9.17, 15) is 0 Å². The van der Waals surface area contributed by atoms with Crippen molar-refractivity contribution in [2.24, 2.45) is 0 Å². The van der Waals surface area contributed by atoms with Crippen molar-refractivity contribution < 1.29 is 0 Å². The molecule has 0 aliphatic rings. The third-order valence-electron chi connectivity index (χ3n) is 10.1. The van der Waals surface area contributed by atoms with Crippen LogP contribution < -0.4 is 0 Å². The number of fused-ring (bicyclic) bond motifs is 6. The quantitative estimate of drug-likeness (QED) is 0.179. The van der Waals surface area contributed by atoms with Crippen molar-refractivity contribution in [2.75, 3.05) is 0 Å². The molecule has 0 N–H and O–H groups in total. The van der Waals surface area contributed by atoms with Gasteiger partial charge in [0.05, 0.1) is 33.1 Å².